The number of aromatic nitrogens is 3. The molecular formula is C41H44ClF3N8O5. The molecule has 4 fully saturated rings. The Kier molecular flexibility index (Phi) is 10.8. The standard InChI is InChI=1S/C41H44ClF3N8O5/c1-58-34-23-31-26(21-32(34)47-37(55)30-3-2-4-35(46-30)41(43,44)45)24-53(49-31)28-8-6-27(7-9-28)50-17-12-40(13-18-50)14-19-51(20-15-40)38(56)25-5-10-29(42)33(22-25)52-16-11-36(54)48-39(52)57/h2-5,10,21-24,27-28H,6-9,11-20H2,1H3,(H,47,55)(H,48,54,57)/t27-,28-. The zero-order valence-electron chi connectivity index (χ0n) is 32.0. The van der Waals surface area contributed by atoms with Gasteiger partial charge in [0.1, 0.15) is 17.1 Å². The second kappa shape index (κ2) is 15.9. The number of nitrogens with zero attached hydrogens (tertiary/aromatic N) is 6. The summed E-state index contributed by atoms with van der Waals surface area (Å²) in [5, 5.41) is 10.9. The van der Waals surface area contributed by atoms with E-state index in [0.29, 0.717) is 52.4 Å². The number of methoxy groups -OCH3 is 1. The summed E-state index contributed by atoms with van der Waals surface area (Å²) in [4.78, 5) is 60.0. The van der Waals surface area contributed by atoms with Gasteiger partial charge < -0.3 is 19.9 Å². The predicted molar refractivity (Wildman–Crippen MR) is 210 cm³/mol. The molecule has 1 aliphatic carbocycles. The SMILES string of the molecule is COc1cc2nn([C@H]3CC[C@H](N4CCC5(CCN(C(=O)c6ccc(Cl)c(N7CCC(=O)NC7=O)c6)CC5)CC4)CC3)cc2cc1NC(=O)c1cccc(C(F)(F)F)n1. The Balaban J connectivity index is 0.831. The lowest BCUT2D eigenvalue weighted by Crippen LogP contribution is -2.51. The lowest BCUT2D eigenvalue weighted by atomic mass is 9.70. The highest BCUT2D eigenvalue weighted by Crippen LogP contribution is 2.44. The van der Waals surface area contributed by atoms with Crippen molar-refractivity contribution < 1.29 is 37.1 Å². The summed E-state index contributed by atoms with van der Waals surface area (Å²) in [6.45, 7) is 3.60. The molecule has 2 aromatic carbocycles. The fourth-order valence-corrected chi connectivity index (χ4v) is 9.21. The predicted octanol–water partition coefficient (Wildman–Crippen LogP) is 7.31. The first kappa shape index (κ1) is 39.6. The van der Waals surface area contributed by atoms with Crippen molar-refractivity contribution in [3.8, 4) is 5.75 Å². The molecular weight excluding hydrogens is 777 g/mol. The van der Waals surface area contributed by atoms with Crippen LogP contribution in [0.1, 0.15) is 90.4 Å². The Morgan fingerprint density at radius 3 is 2.33 bits per heavy atom. The Hall–Kier alpha value is -5.22. The van der Waals surface area contributed by atoms with Crippen LogP contribution in [0.4, 0.5) is 29.3 Å². The lowest BCUT2D eigenvalue weighted by Gasteiger charge is -2.49. The molecule has 2 N–H and O–H groups in total. The molecule has 306 valence electrons. The highest BCUT2D eigenvalue weighted by Gasteiger charge is 2.41. The van der Waals surface area contributed by atoms with E-state index in [9.17, 15) is 32.3 Å². The molecule has 0 atom stereocenters. The van der Waals surface area contributed by atoms with Gasteiger partial charge in [-0.1, -0.05) is 17.7 Å². The van der Waals surface area contributed by atoms with Crippen molar-refractivity contribution in [1.82, 2.24) is 29.9 Å². The normalized spacial score (nSPS) is 21.6. The summed E-state index contributed by atoms with van der Waals surface area (Å²) < 4.78 is 47.0. The molecule has 3 aliphatic heterocycles. The summed E-state index contributed by atoms with van der Waals surface area (Å²) in [6, 6.07) is 11.7. The van der Waals surface area contributed by atoms with Crippen molar-refractivity contribution >= 4 is 57.6 Å². The summed E-state index contributed by atoms with van der Waals surface area (Å²) in [5.41, 5.74) is 0.596. The number of ether oxygens (including phenoxy) is 1. The third-order valence-electron chi connectivity index (χ3n) is 12.4. The van der Waals surface area contributed by atoms with Gasteiger partial charge in [0.15, 0.2) is 0 Å². The van der Waals surface area contributed by atoms with E-state index in [2.05, 4.69) is 20.5 Å². The third kappa shape index (κ3) is 8.08. The van der Waals surface area contributed by atoms with Gasteiger partial charge in [-0.15, -0.1) is 0 Å². The van der Waals surface area contributed by atoms with Crippen molar-refractivity contribution in [3.63, 3.8) is 0 Å². The summed E-state index contributed by atoms with van der Waals surface area (Å²) in [7, 11) is 1.45. The molecule has 8 rings (SSSR count). The zero-order chi connectivity index (χ0) is 40.8. The molecule has 1 spiro atoms. The van der Waals surface area contributed by atoms with Crippen LogP contribution in [0.15, 0.2) is 54.7 Å². The van der Waals surface area contributed by atoms with E-state index in [0.717, 1.165) is 82.0 Å². The number of alkyl halides is 3. The summed E-state index contributed by atoms with van der Waals surface area (Å²) in [6.07, 6.45) is 5.54. The van der Waals surface area contributed by atoms with Gasteiger partial charge in [-0.2, -0.15) is 18.3 Å². The topological polar surface area (TPSA) is 142 Å². The van der Waals surface area contributed by atoms with E-state index in [4.69, 9.17) is 21.4 Å². The minimum absolute atomic E-state index is 0.0848. The molecule has 4 aromatic rings. The Labute approximate surface area is 337 Å². The number of rotatable bonds is 7. The zero-order valence-corrected chi connectivity index (χ0v) is 32.7. The fraction of sp³-hybridized carbons (Fsp3) is 0.463. The van der Waals surface area contributed by atoms with E-state index in [1.165, 1.54) is 18.1 Å². The Morgan fingerprint density at radius 1 is 0.931 bits per heavy atom. The van der Waals surface area contributed by atoms with Crippen LogP contribution in [0.5, 0.6) is 5.75 Å². The molecule has 5 heterocycles. The number of carbonyl (C=O) groups excluding carboxylic acids is 4. The molecule has 0 unspecified atom stereocenters. The van der Waals surface area contributed by atoms with Gasteiger partial charge in [0.2, 0.25) is 5.91 Å². The lowest BCUT2D eigenvalue weighted by molar-refractivity contribution is -0.141. The molecule has 58 heavy (non-hydrogen) atoms. The van der Waals surface area contributed by atoms with Crippen molar-refractivity contribution in [2.45, 2.75) is 76.0 Å². The molecule has 17 heteroatoms. The number of imide groups is 1. The third-order valence-corrected chi connectivity index (χ3v) is 12.7. The average molecular weight is 821 g/mol. The molecule has 2 aromatic heterocycles. The Morgan fingerprint density at radius 2 is 1.64 bits per heavy atom. The van der Waals surface area contributed by atoms with Crippen molar-refractivity contribution in [2.24, 2.45) is 5.41 Å². The highest BCUT2D eigenvalue weighted by atomic mass is 35.5. The number of benzene rings is 2. The maximum atomic E-state index is 13.6. The largest absolute Gasteiger partial charge is 0.494 e. The minimum atomic E-state index is -4.67. The fourth-order valence-electron chi connectivity index (χ4n) is 9.00. The van der Waals surface area contributed by atoms with E-state index >= 15 is 0 Å². The minimum Gasteiger partial charge on any atom is -0.494 e. The van der Waals surface area contributed by atoms with Crippen LogP contribution >= 0.6 is 11.6 Å². The number of carbonyl (C=O) groups is 4. The Bertz CT molecular complexity index is 2240. The average Bonchev–Trinajstić information content (AvgIpc) is 3.64. The van der Waals surface area contributed by atoms with E-state index in [-0.39, 0.29) is 41.9 Å². The van der Waals surface area contributed by atoms with Gasteiger partial charge in [0.25, 0.3) is 11.8 Å². The first-order chi connectivity index (χ1) is 27.8. The maximum absolute atomic E-state index is 13.6. The van der Waals surface area contributed by atoms with Crippen LogP contribution in [0.3, 0.4) is 0 Å². The number of likely N-dealkylation sites (tertiary alicyclic amines) is 2. The quantitative estimate of drug-likeness (QED) is 0.198. The number of hydrogen-bond acceptors (Lipinski definition) is 8. The van der Waals surface area contributed by atoms with Gasteiger partial charge >= 0.3 is 12.2 Å². The smallest absolute Gasteiger partial charge is 0.433 e. The van der Waals surface area contributed by atoms with Crippen molar-refractivity contribution in [2.75, 3.05) is 50.1 Å². The van der Waals surface area contributed by atoms with Gasteiger partial charge in [0, 0.05) is 55.3 Å². The molecule has 1 saturated carbocycles. The van der Waals surface area contributed by atoms with Crippen LogP contribution < -0.4 is 20.3 Å². The second-order valence-corrected chi connectivity index (χ2v) is 16.2. The van der Waals surface area contributed by atoms with Crippen molar-refractivity contribution in [3.05, 3.63) is 76.7 Å². The monoisotopic (exact) mass is 820 g/mol. The van der Waals surface area contributed by atoms with Gasteiger partial charge in [0.05, 0.1) is 35.1 Å². The molecule has 4 aliphatic rings. The molecule has 3 saturated heterocycles. The number of anilines is 2. The molecule has 5 amide bonds. The highest BCUT2D eigenvalue weighted by molar-refractivity contribution is 6.34. The maximum Gasteiger partial charge on any atom is 0.433 e. The number of amides is 5. The number of pyridine rings is 1. The van der Waals surface area contributed by atoms with Gasteiger partial charge in [-0.05, 0) is 106 Å². The van der Waals surface area contributed by atoms with Crippen LogP contribution in [0.25, 0.3) is 10.9 Å². The second-order valence-electron chi connectivity index (χ2n) is 15.8. The first-order valence-electron chi connectivity index (χ1n) is 19.7. The van der Waals surface area contributed by atoms with Crippen molar-refractivity contribution in [1.29, 1.82) is 0 Å². The van der Waals surface area contributed by atoms with Crippen LogP contribution in [0.2, 0.25) is 5.02 Å². The number of hydrogen-bond donors (Lipinski definition) is 2. The summed E-state index contributed by atoms with van der Waals surface area (Å²) >= 11 is 6.41. The molecule has 13 nitrogen and oxygen atoms in total. The van der Waals surface area contributed by atoms with E-state index < -0.39 is 23.8 Å². The number of halogens is 4. The van der Waals surface area contributed by atoms with E-state index in [1.54, 1.807) is 30.3 Å². The molecule has 0 radical (unpaired) electrons. The van der Waals surface area contributed by atoms with Crippen LogP contribution in [0, 0.1) is 5.41 Å². The van der Waals surface area contributed by atoms with Gasteiger partial charge in [-0.25, -0.2) is 9.78 Å². The van der Waals surface area contributed by atoms with Crippen LogP contribution in [-0.2, 0) is 11.0 Å². The van der Waals surface area contributed by atoms with E-state index in [1.807, 2.05) is 15.8 Å². The number of urea groups is 1. The number of nitrogens with one attached hydrogen (secondary N) is 2. The first-order valence-corrected chi connectivity index (χ1v) is 20.0. The number of piperidine rings is 2. The van der Waals surface area contributed by atoms with Gasteiger partial charge in [-0.3, -0.25) is 29.3 Å². The van der Waals surface area contributed by atoms with Crippen LogP contribution in [-0.4, -0.2) is 94.2 Å². The number of fused-ring (bicyclic) bond motifs is 1. The molecule has 0 bridgehead atoms. The summed E-state index contributed by atoms with van der Waals surface area (Å²) in [5.74, 6) is -0.866.